The van der Waals surface area contributed by atoms with Crippen LogP contribution in [0.15, 0.2) is 29.4 Å². The molecule has 2 aromatic rings. The number of aromatic nitrogens is 2. The number of ether oxygens (including phenoxy) is 2. The Bertz CT molecular complexity index is 1250. The van der Waals surface area contributed by atoms with Crippen molar-refractivity contribution in [2.45, 2.75) is 101 Å². The molecule has 2 aliphatic heterocycles. The number of carbonyl (C=O) groups is 1. The first-order valence-corrected chi connectivity index (χ1v) is 14.3. The highest BCUT2D eigenvalue weighted by molar-refractivity contribution is 7.92. The number of anilines is 2. The fourth-order valence-corrected chi connectivity index (χ4v) is 7.01. The molecule has 1 amide bonds. The summed E-state index contributed by atoms with van der Waals surface area (Å²) in [6.45, 7) is 7.52. The zero-order valence-corrected chi connectivity index (χ0v) is 22.0. The summed E-state index contributed by atoms with van der Waals surface area (Å²) in [5, 5.41) is 3.08. The lowest BCUT2D eigenvalue weighted by Crippen LogP contribution is -2.50. The molecular formula is C26H34N4O5S. The van der Waals surface area contributed by atoms with Crippen LogP contribution in [0, 0.1) is 13.8 Å². The Morgan fingerprint density at radius 1 is 1.08 bits per heavy atom. The molecule has 1 aromatic heterocycles. The maximum absolute atomic E-state index is 12.6. The van der Waals surface area contributed by atoms with Crippen LogP contribution in [0.2, 0.25) is 0 Å². The smallest absolute Gasteiger partial charge is 0.410 e. The van der Waals surface area contributed by atoms with Gasteiger partial charge in [-0.2, -0.15) is 0 Å². The van der Waals surface area contributed by atoms with Crippen LogP contribution in [0.1, 0.15) is 63.5 Å². The van der Waals surface area contributed by atoms with Gasteiger partial charge >= 0.3 is 6.09 Å². The molecule has 10 heteroatoms. The molecule has 3 heterocycles. The van der Waals surface area contributed by atoms with E-state index in [1.165, 1.54) is 6.33 Å². The highest BCUT2D eigenvalue weighted by atomic mass is 32.2. The van der Waals surface area contributed by atoms with Crippen molar-refractivity contribution < 1.29 is 22.7 Å². The number of piperidine rings is 1. The first-order valence-electron chi connectivity index (χ1n) is 12.7. The molecule has 1 aromatic carbocycles. The summed E-state index contributed by atoms with van der Waals surface area (Å²) in [7, 11) is -3.23. The van der Waals surface area contributed by atoms with Crippen molar-refractivity contribution >= 4 is 27.4 Å². The van der Waals surface area contributed by atoms with Gasteiger partial charge in [-0.05, 0) is 77.1 Å². The number of hydrogen-bond donors (Lipinski definition) is 1. The molecule has 2 atom stereocenters. The summed E-state index contributed by atoms with van der Waals surface area (Å²) in [4.78, 5) is 23.6. The second kappa shape index (κ2) is 9.53. The normalized spacial score (nSPS) is 23.6. The lowest BCUT2D eigenvalue weighted by Gasteiger charge is -2.38. The number of carbonyl (C=O) groups excluding carboxylic acids is 1. The third kappa shape index (κ3) is 4.87. The Kier molecular flexibility index (Phi) is 6.57. The zero-order valence-electron chi connectivity index (χ0n) is 21.2. The Balaban J connectivity index is 1.27. The molecule has 0 radical (unpaired) electrons. The van der Waals surface area contributed by atoms with Crippen LogP contribution in [0.5, 0.6) is 5.88 Å². The fourth-order valence-electron chi connectivity index (χ4n) is 5.27. The molecule has 2 bridgehead atoms. The van der Waals surface area contributed by atoms with E-state index in [2.05, 4.69) is 15.3 Å². The predicted octanol–water partition coefficient (Wildman–Crippen LogP) is 4.69. The lowest BCUT2D eigenvalue weighted by atomic mass is 10.0. The number of nitrogens with zero attached hydrogens (tertiary/aromatic N) is 3. The predicted molar refractivity (Wildman–Crippen MR) is 135 cm³/mol. The van der Waals surface area contributed by atoms with Gasteiger partial charge in [0.15, 0.2) is 9.84 Å². The van der Waals surface area contributed by atoms with Gasteiger partial charge in [-0.25, -0.2) is 23.2 Å². The molecule has 2 unspecified atom stereocenters. The van der Waals surface area contributed by atoms with E-state index in [1.807, 2.05) is 32.6 Å². The number of amides is 1. The van der Waals surface area contributed by atoms with Gasteiger partial charge in [0.2, 0.25) is 5.88 Å². The van der Waals surface area contributed by atoms with Crippen LogP contribution < -0.4 is 10.1 Å². The maximum Gasteiger partial charge on any atom is 0.410 e. The quantitative estimate of drug-likeness (QED) is 0.566. The van der Waals surface area contributed by atoms with Crippen LogP contribution in [-0.2, 0) is 14.6 Å². The summed E-state index contributed by atoms with van der Waals surface area (Å²) in [5.41, 5.74) is 2.39. The van der Waals surface area contributed by atoms with Crippen molar-refractivity contribution in [1.29, 1.82) is 0 Å². The minimum Gasteiger partial charge on any atom is -0.474 e. The van der Waals surface area contributed by atoms with Crippen LogP contribution in [-0.4, -0.2) is 58.9 Å². The second-order valence-corrected chi connectivity index (χ2v) is 12.7. The van der Waals surface area contributed by atoms with Gasteiger partial charge in [-0.3, -0.25) is 0 Å². The largest absolute Gasteiger partial charge is 0.474 e. The molecule has 0 spiro atoms. The molecule has 3 aliphatic rings. The van der Waals surface area contributed by atoms with Crippen molar-refractivity contribution in [2.75, 3.05) is 5.32 Å². The molecule has 36 heavy (non-hydrogen) atoms. The Morgan fingerprint density at radius 2 is 1.78 bits per heavy atom. The topological polar surface area (TPSA) is 111 Å². The van der Waals surface area contributed by atoms with Gasteiger partial charge in [0.05, 0.1) is 21.8 Å². The van der Waals surface area contributed by atoms with E-state index in [1.54, 1.807) is 18.2 Å². The minimum absolute atomic E-state index is 0.0410. The van der Waals surface area contributed by atoms with E-state index in [9.17, 15) is 13.2 Å². The van der Waals surface area contributed by atoms with E-state index in [0.29, 0.717) is 16.6 Å². The highest BCUT2D eigenvalue weighted by Gasteiger charge is 2.45. The van der Waals surface area contributed by atoms with Gasteiger partial charge in [0, 0.05) is 30.6 Å². The Hall–Kier alpha value is -2.88. The maximum atomic E-state index is 12.6. The average Bonchev–Trinajstić information content (AvgIpc) is 3.63. The molecule has 9 nitrogen and oxygen atoms in total. The molecule has 5 rings (SSSR count). The van der Waals surface area contributed by atoms with Crippen molar-refractivity contribution in [1.82, 2.24) is 14.9 Å². The van der Waals surface area contributed by atoms with Gasteiger partial charge in [-0.15, -0.1) is 0 Å². The molecule has 1 N–H and O–H groups in total. The Labute approximate surface area is 212 Å². The molecule has 2 saturated heterocycles. The monoisotopic (exact) mass is 514 g/mol. The third-order valence-corrected chi connectivity index (χ3v) is 9.56. The molecule has 1 saturated carbocycles. The lowest BCUT2D eigenvalue weighted by molar-refractivity contribution is 0.0207. The minimum atomic E-state index is -3.23. The van der Waals surface area contributed by atoms with Gasteiger partial charge in [-0.1, -0.05) is 0 Å². The van der Waals surface area contributed by atoms with Crippen LogP contribution in [0.25, 0.3) is 0 Å². The number of benzene rings is 1. The summed E-state index contributed by atoms with van der Waals surface area (Å²) >= 11 is 0. The van der Waals surface area contributed by atoms with E-state index >= 15 is 0 Å². The van der Waals surface area contributed by atoms with Crippen molar-refractivity contribution in [3.8, 4) is 5.88 Å². The van der Waals surface area contributed by atoms with E-state index in [4.69, 9.17) is 9.47 Å². The summed E-state index contributed by atoms with van der Waals surface area (Å²) < 4.78 is 36.9. The number of nitrogens with one attached hydrogen (secondary N) is 1. The Morgan fingerprint density at radius 3 is 2.39 bits per heavy atom. The van der Waals surface area contributed by atoms with Gasteiger partial charge in [0.25, 0.3) is 0 Å². The second-order valence-electron chi connectivity index (χ2n) is 10.4. The van der Waals surface area contributed by atoms with Crippen LogP contribution in [0.3, 0.4) is 0 Å². The van der Waals surface area contributed by atoms with Crippen molar-refractivity contribution in [3.63, 3.8) is 0 Å². The number of rotatable bonds is 7. The molecule has 3 fully saturated rings. The van der Waals surface area contributed by atoms with Gasteiger partial charge in [0.1, 0.15) is 18.2 Å². The molecule has 194 valence electrons. The standard InChI is InChI=1S/C26H34N4O5S/c1-15(2)34-26(31)30-18-5-6-19(30)13-20(12-18)35-25-17(4)24(27-14-28-25)29-23-10-9-22(11-16(23)3)36(32,33)21-7-8-21/h9-11,14-15,18-21H,5-8,12-13H2,1-4H3,(H,27,28,29). The third-order valence-electron chi connectivity index (χ3n) is 7.30. The zero-order chi connectivity index (χ0) is 25.6. The highest BCUT2D eigenvalue weighted by Crippen LogP contribution is 2.39. The van der Waals surface area contributed by atoms with E-state index < -0.39 is 9.84 Å². The summed E-state index contributed by atoms with van der Waals surface area (Å²) in [6, 6.07) is 5.40. The number of fused-ring (bicyclic) bond motifs is 2. The number of sulfone groups is 1. The van der Waals surface area contributed by atoms with Crippen molar-refractivity contribution in [3.05, 3.63) is 35.7 Å². The first-order chi connectivity index (χ1) is 17.1. The average molecular weight is 515 g/mol. The van der Waals surface area contributed by atoms with Crippen LogP contribution in [0.4, 0.5) is 16.3 Å². The summed E-state index contributed by atoms with van der Waals surface area (Å²) in [5.74, 6) is 1.13. The number of aryl methyl sites for hydroxylation is 1. The molecule has 1 aliphatic carbocycles. The van der Waals surface area contributed by atoms with Crippen molar-refractivity contribution in [2.24, 2.45) is 0 Å². The summed E-state index contributed by atoms with van der Waals surface area (Å²) in [6.07, 6.45) is 5.95. The molecular weight excluding hydrogens is 480 g/mol. The number of hydrogen-bond acceptors (Lipinski definition) is 8. The first kappa shape index (κ1) is 24.8. The van der Waals surface area contributed by atoms with Crippen LogP contribution >= 0.6 is 0 Å². The van der Waals surface area contributed by atoms with Gasteiger partial charge < -0.3 is 19.7 Å². The van der Waals surface area contributed by atoms with E-state index in [-0.39, 0.29) is 35.6 Å². The fraction of sp³-hybridized carbons (Fsp3) is 0.577. The SMILES string of the molecule is Cc1cc(S(=O)(=O)C2CC2)ccc1Nc1ncnc(OC2CC3CCC(C2)N3C(=O)OC(C)C)c1C. The van der Waals surface area contributed by atoms with E-state index in [0.717, 1.165) is 55.3 Å².